The molecule has 1 aliphatic carbocycles. The third kappa shape index (κ3) is 5.26. The third-order valence-corrected chi connectivity index (χ3v) is 4.91. The van der Waals surface area contributed by atoms with E-state index in [1.54, 1.807) is 12.1 Å². The van der Waals surface area contributed by atoms with Crippen LogP contribution in [0.15, 0.2) is 54.7 Å². The largest absolute Gasteiger partial charge is 0.482 e. The van der Waals surface area contributed by atoms with Gasteiger partial charge in [-0.2, -0.15) is 0 Å². The van der Waals surface area contributed by atoms with Crippen molar-refractivity contribution < 1.29 is 24.2 Å². The SMILES string of the molecule is Cn1cccc(OCC(=O)O)cc(C(=O)C(N)=O)c(C2CC2)c1Cc1ccccc1. The summed E-state index contributed by atoms with van der Waals surface area (Å²) in [5.74, 6) is -2.73. The van der Waals surface area contributed by atoms with Crippen LogP contribution < -0.4 is 10.5 Å². The minimum Gasteiger partial charge on any atom is -0.482 e. The van der Waals surface area contributed by atoms with Gasteiger partial charge in [0, 0.05) is 30.9 Å². The highest BCUT2D eigenvalue weighted by atomic mass is 16.5. The molecule has 1 amide bonds. The van der Waals surface area contributed by atoms with E-state index in [9.17, 15) is 14.4 Å². The molecule has 3 rings (SSSR count). The Hall–Kier alpha value is -3.61. The fourth-order valence-corrected chi connectivity index (χ4v) is 3.36. The van der Waals surface area contributed by atoms with Crippen molar-refractivity contribution in [3.63, 3.8) is 0 Å². The zero-order chi connectivity index (χ0) is 21.7. The van der Waals surface area contributed by atoms with Gasteiger partial charge in [0.15, 0.2) is 6.61 Å². The predicted molar refractivity (Wildman–Crippen MR) is 111 cm³/mol. The van der Waals surface area contributed by atoms with Crippen molar-refractivity contribution in [1.29, 1.82) is 0 Å². The average molecular weight is 408 g/mol. The van der Waals surface area contributed by atoms with Crippen molar-refractivity contribution in [2.75, 3.05) is 6.61 Å². The Kier molecular flexibility index (Phi) is 6.51. The summed E-state index contributed by atoms with van der Waals surface area (Å²) in [6.07, 6.45) is 4.16. The highest BCUT2D eigenvalue weighted by molar-refractivity contribution is 6.42. The Balaban J connectivity index is 2.27. The van der Waals surface area contributed by atoms with E-state index in [2.05, 4.69) is 0 Å². The van der Waals surface area contributed by atoms with E-state index >= 15 is 0 Å². The molecular weight excluding hydrogens is 384 g/mol. The first-order valence-corrected chi connectivity index (χ1v) is 9.66. The Morgan fingerprint density at radius 1 is 1.13 bits per heavy atom. The number of ketones is 1. The van der Waals surface area contributed by atoms with Crippen LogP contribution in [-0.2, 0) is 23.1 Å². The zero-order valence-corrected chi connectivity index (χ0v) is 16.7. The van der Waals surface area contributed by atoms with Gasteiger partial charge in [0.1, 0.15) is 5.75 Å². The van der Waals surface area contributed by atoms with Crippen LogP contribution >= 0.6 is 0 Å². The van der Waals surface area contributed by atoms with Crippen molar-refractivity contribution in [2.24, 2.45) is 12.8 Å². The second-order valence-electron chi connectivity index (χ2n) is 7.25. The number of carbonyl (C=O) groups excluding carboxylic acids is 2. The van der Waals surface area contributed by atoms with Crippen molar-refractivity contribution in [3.05, 3.63) is 77.1 Å². The lowest BCUT2D eigenvalue weighted by molar-refractivity contribution is -0.139. The number of hydrogen-bond donors (Lipinski definition) is 2. The summed E-state index contributed by atoms with van der Waals surface area (Å²) < 4.78 is 7.24. The summed E-state index contributed by atoms with van der Waals surface area (Å²) in [5, 5.41) is 8.94. The molecule has 1 aliphatic rings. The monoisotopic (exact) mass is 408 g/mol. The molecule has 1 aromatic heterocycles. The van der Waals surface area contributed by atoms with Gasteiger partial charge in [0.2, 0.25) is 5.78 Å². The van der Waals surface area contributed by atoms with E-state index in [0.717, 1.165) is 29.7 Å². The number of aryl methyl sites for hydroxylation is 1. The van der Waals surface area contributed by atoms with E-state index in [1.165, 1.54) is 6.07 Å². The summed E-state index contributed by atoms with van der Waals surface area (Å²) in [6, 6.07) is 14.5. The minimum atomic E-state index is -1.14. The molecule has 0 unspecified atom stereocenters. The number of benzene rings is 1. The normalized spacial score (nSPS) is 12.7. The number of primary amides is 1. The maximum atomic E-state index is 12.8. The molecule has 2 aromatic rings. The molecule has 0 aliphatic heterocycles. The summed E-state index contributed by atoms with van der Waals surface area (Å²) in [6.45, 7) is -0.566. The Bertz CT molecular complexity index is 1020. The van der Waals surface area contributed by atoms with E-state index in [1.807, 2.05) is 48.1 Å². The lowest BCUT2D eigenvalue weighted by Crippen LogP contribution is -2.24. The van der Waals surface area contributed by atoms with Crippen LogP contribution in [0, 0.1) is 0 Å². The zero-order valence-electron chi connectivity index (χ0n) is 16.7. The summed E-state index contributed by atoms with van der Waals surface area (Å²) in [5.41, 5.74) is 8.20. The number of carbonyl (C=O) groups is 3. The summed E-state index contributed by atoms with van der Waals surface area (Å²) >= 11 is 0. The quantitative estimate of drug-likeness (QED) is 0.515. The summed E-state index contributed by atoms with van der Waals surface area (Å²) in [7, 11) is 1.88. The number of aromatic nitrogens is 1. The Morgan fingerprint density at radius 2 is 1.83 bits per heavy atom. The molecule has 1 saturated carbocycles. The first-order chi connectivity index (χ1) is 14.4. The van der Waals surface area contributed by atoms with Gasteiger partial charge in [-0.15, -0.1) is 0 Å². The lowest BCUT2D eigenvalue weighted by Gasteiger charge is -2.15. The first kappa shape index (κ1) is 21.1. The fourth-order valence-electron chi connectivity index (χ4n) is 3.36. The van der Waals surface area contributed by atoms with Crippen molar-refractivity contribution in [1.82, 2.24) is 4.57 Å². The Morgan fingerprint density at radius 3 is 2.43 bits per heavy atom. The molecule has 156 valence electrons. The Labute approximate surface area is 174 Å². The molecule has 0 atom stereocenters. The number of ether oxygens (including phenoxy) is 1. The molecule has 0 spiro atoms. The van der Waals surface area contributed by atoms with E-state index in [4.69, 9.17) is 15.6 Å². The number of amides is 1. The van der Waals surface area contributed by atoms with E-state index < -0.39 is 24.3 Å². The molecule has 0 radical (unpaired) electrons. The van der Waals surface area contributed by atoms with Gasteiger partial charge in [-0.05, 0) is 48.1 Å². The average Bonchev–Trinajstić information content (AvgIpc) is 3.54. The van der Waals surface area contributed by atoms with Gasteiger partial charge in [-0.3, -0.25) is 9.59 Å². The number of rotatable bonds is 8. The second kappa shape index (κ2) is 9.26. The van der Waals surface area contributed by atoms with Gasteiger partial charge in [-0.1, -0.05) is 30.3 Å². The highest BCUT2D eigenvalue weighted by Crippen LogP contribution is 2.43. The topological polar surface area (TPSA) is 112 Å². The third-order valence-electron chi connectivity index (χ3n) is 4.91. The molecule has 1 aromatic carbocycles. The van der Waals surface area contributed by atoms with Crippen LogP contribution in [0.2, 0.25) is 0 Å². The van der Waals surface area contributed by atoms with Crippen molar-refractivity contribution >= 4 is 17.7 Å². The number of nitrogens with zero attached hydrogens (tertiary/aromatic N) is 1. The van der Waals surface area contributed by atoms with Gasteiger partial charge in [0.05, 0.1) is 0 Å². The smallest absolute Gasteiger partial charge is 0.341 e. The molecule has 3 N–H and O–H groups in total. The molecule has 1 fully saturated rings. The van der Waals surface area contributed by atoms with Crippen LogP contribution in [0.5, 0.6) is 5.75 Å². The highest BCUT2D eigenvalue weighted by Gasteiger charge is 2.32. The molecular formula is C23H24N2O5. The van der Waals surface area contributed by atoms with Gasteiger partial charge in [0.25, 0.3) is 5.91 Å². The van der Waals surface area contributed by atoms with Gasteiger partial charge >= 0.3 is 5.97 Å². The fraction of sp³-hybridized carbons (Fsp3) is 0.261. The van der Waals surface area contributed by atoms with Crippen molar-refractivity contribution in [2.45, 2.75) is 25.2 Å². The van der Waals surface area contributed by atoms with Gasteiger partial charge in [-0.25, -0.2) is 4.79 Å². The lowest BCUT2D eigenvalue weighted by atomic mass is 9.95. The number of Topliss-reactive ketones (excluding diaryl/α,β-unsaturated/α-hetero) is 1. The minimum absolute atomic E-state index is 0.118. The molecule has 7 nitrogen and oxygen atoms in total. The maximum absolute atomic E-state index is 12.8. The van der Waals surface area contributed by atoms with Gasteiger partial charge < -0.3 is 20.1 Å². The number of carboxylic acid groups (broad SMARTS) is 1. The second-order valence-corrected chi connectivity index (χ2v) is 7.25. The van der Waals surface area contributed by atoms with Crippen LogP contribution in [0.3, 0.4) is 0 Å². The van der Waals surface area contributed by atoms with Crippen LogP contribution in [0.1, 0.15) is 45.9 Å². The molecule has 0 bridgehead atoms. The molecule has 30 heavy (non-hydrogen) atoms. The summed E-state index contributed by atoms with van der Waals surface area (Å²) in [4.78, 5) is 35.5. The van der Waals surface area contributed by atoms with Crippen LogP contribution in [-0.4, -0.2) is 33.9 Å². The predicted octanol–water partition coefficient (Wildman–Crippen LogP) is 2.75. The molecule has 7 heteroatoms. The molecule has 0 saturated heterocycles. The number of carboxylic acids is 1. The number of hydrogen-bond acceptors (Lipinski definition) is 4. The van der Waals surface area contributed by atoms with E-state index in [-0.39, 0.29) is 17.2 Å². The van der Waals surface area contributed by atoms with Crippen molar-refractivity contribution in [3.8, 4) is 5.75 Å². The standard InChI is InChI=1S/C23H24N2O5/c1-25-11-5-8-17(30-14-20(26)27)13-18(22(28)23(24)29)21(16-9-10-16)19(25)12-15-6-3-2-4-7-15/h2-8,11,13,16H,9-10,12,14H2,1H3,(H2,24,29)(H,26,27). The maximum Gasteiger partial charge on any atom is 0.341 e. The first-order valence-electron chi connectivity index (χ1n) is 9.66. The number of aliphatic carboxylic acids is 1. The molecule has 1 heterocycles. The van der Waals surface area contributed by atoms with Crippen LogP contribution in [0.4, 0.5) is 0 Å². The van der Waals surface area contributed by atoms with Crippen LogP contribution in [0.25, 0.3) is 0 Å². The number of nitrogens with two attached hydrogens (primary N) is 1. The van der Waals surface area contributed by atoms with E-state index in [0.29, 0.717) is 6.42 Å².